The number of halogens is 3. The van der Waals surface area contributed by atoms with Gasteiger partial charge in [0.1, 0.15) is 11.5 Å². The lowest BCUT2D eigenvalue weighted by Crippen LogP contribution is -2.10. The molecule has 0 spiro atoms. The highest BCUT2D eigenvalue weighted by atomic mass is 19.4. The Morgan fingerprint density at radius 3 is 1.97 bits per heavy atom. The summed E-state index contributed by atoms with van der Waals surface area (Å²) in [5.74, 6) is -0.702. The molecule has 0 bridgehead atoms. The van der Waals surface area contributed by atoms with Crippen molar-refractivity contribution in [1.29, 1.82) is 0 Å². The average Bonchev–Trinajstić information content (AvgIpc) is 2.87. The van der Waals surface area contributed by atoms with Gasteiger partial charge in [-0.15, -0.1) is 0 Å². The lowest BCUT2D eigenvalue weighted by Gasteiger charge is -2.09. The largest absolute Gasteiger partial charge is 0.494 e. The van der Waals surface area contributed by atoms with Crippen molar-refractivity contribution >= 4 is 24.0 Å². The number of hydrogen-bond donors (Lipinski definition) is 0. The molecule has 0 N–H and O–H groups in total. The summed E-state index contributed by atoms with van der Waals surface area (Å²) in [5, 5.41) is 0. The molecule has 7 nitrogen and oxygen atoms in total. The van der Waals surface area contributed by atoms with Gasteiger partial charge in [-0.3, -0.25) is 4.79 Å². The van der Waals surface area contributed by atoms with Crippen LogP contribution in [0.15, 0.2) is 54.6 Å². The number of carbonyl (C=O) groups is 3. The van der Waals surface area contributed by atoms with Crippen LogP contribution in [-0.2, 0) is 19.1 Å². The first kappa shape index (κ1) is 30.4. The Morgan fingerprint density at radius 2 is 1.37 bits per heavy atom. The summed E-state index contributed by atoms with van der Waals surface area (Å²) >= 11 is 0. The van der Waals surface area contributed by atoms with E-state index in [2.05, 4.69) is 0 Å². The van der Waals surface area contributed by atoms with E-state index < -0.39 is 24.5 Å². The van der Waals surface area contributed by atoms with Gasteiger partial charge in [-0.05, 0) is 80.1 Å². The standard InChI is InChI=1S/C28H31F3O7/c1-21(32)35-18-4-2-3-5-19-37-26(33)16-9-22-7-12-25(13-8-22)38-27(34)23-10-14-24(15-11-23)36-20-6-17-28(29,30)31/h7-16H,2-6,17-20H2,1H3. The number of hydrogen-bond acceptors (Lipinski definition) is 7. The summed E-state index contributed by atoms with van der Waals surface area (Å²) in [5.41, 5.74) is 0.961. The van der Waals surface area contributed by atoms with E-state index in [0.717, 1.165) is 25.7 Å². The Labute approximate surface area is 219 Å². The van der Waals surface area contributed by atoms with Gasteiger partial charge in [0.05, 0.1) is 25.4 Å². The number of benzene rings is 2. The Kier molecular flexibility index (Phi) is 12.9. The monoisotopic (exact) mass is 536 g/mol. The predicted octanol–water partition coefficient (Wildman–Crippen LogP) is 6.31. The Hall–Kier alpha value is -3.82. The zero-order valence-corrected chi connectivity index (χ0v) is 21.1. The minimum Gasteiger partial charge on any atom is -0.494 e. The lowest BCUT2D eigenvalue weighted by molar-refractivity contribution is -0.141. The Morgan fingerprint density at radius 1 is 0.763 bits per heavy atom. The summed E-state index contributed by atoms with van der Waals surface area (Å²) < 4.78 is 57.1. The molecule has 0 aromatic heterocycles. The zero-order chi connectivity index (χ0) is 27.8. The van der Waals surface area contributed by atoms with Crippen LogP contribution < -0.4 is 9.47 Å². The molecule has 2 rings (SSSR count). The molecule has 0 aliphatic rings. The molecule has 0 atom stereocenters. The van der Waals surface area contributed by atoms with Gasteiger partial charge in [0, 0.05) is 19.4 Å². The third-order valence-corrected chi connectivity index (χ3v) is 5.05. The molecule has 0 aliphatic carbocycles. The Bertz CT molecular complexity index is 1050. The van der Waals surface area contributed by atoms with Crippen molar-refractivity contribution in [3.8, 4) is 11.5 Å². The van der Waals surface area contributed by atoms with Crippen molar-refractivity contribution < 1.29 is 46.5 Å². The van der Waals surface area contributed by atoms with Crippen molar-refractivity contribution in [2.45, 2.75) is 51.6 Å². The molecule has 10 heteroatoms. The molecule has 0 heterocycles. The molecule has 206 valence electrons. The zero-order valence-electron chi connectivity index (χ0n) is 21.1. The highest BCUT2D eigenvalue weighted by Gasteiger charge is 2.26. The van der Waals surface area contributed by atoms with E-state index in [-0.39, 0.29) is 24.6 Å². The van der Waals surface area contributed by atoms with Crippen LogP contribution in [0.4, 0.5) is 13.2 Å². The molecular formula is C28H31F3O7. The van der Waals surface area contributed by atoms with E-state index in [0.29, 0.717) is 30.3 Å². The van der Waals surface area contributed by atoms with Crippen molar-refractivity contribution in [1.82, 2.24) is 0 Å². The molecule has 0 amide bonds. The highest BCUT2D eigenvalue weighted by molar-refractivity contribution is 5.91. The van der Waals surface area contributed by atoms with Gasteiger partial charge < -0.3 is 18.9 Å². The average molecular weight is 537 g/mol. The fraction of sp³-hybridized carbons (Fsp3) is 0.393. The van der Waals surface area contributed by atoms with Crippen LogP contribution in [0.1, 0.15) is 61.4 Å². The van der Waals surface area contributed by atoms with Gasteiger partial charge in [-0.25, -0.2) is 9.59 Å². The van der Waals surface area contributed by atoms with E-state index >= 15 is 0 Å². The summed E-state index contributed by atoms with van der Waals surface area (Å²) in [6.07, 6.45) is 0.851. The second-order valence-electron chi connectivity index (χ2n) is 8.31. The molecule has 2 aromatic rings. The van der Waals surface area contributed by atoms with Gasteiger partial charge in [-0.2, -0.15) is 13.2 Å². The van der Waals surface area contributed by atoms with E-state index in [1.807, 2.05) is 0 Å². The van der Waals surface area contributed by atoms with E-state index in [1.165, 1.54) is 37.3 Å². The molecule has 0 unspecified atom stereocenters. The van der Waals surface area contributed by atoms with E-state index in [9.17, 15) is 27.6 Å². The van der Waals surface area contributed by atoms with E-state index in [1.54, 1.807) is 30.3 Å². The fourth-order valence-corrected chi connectivity index (χ4v) is 3.12. The third kappa shape index (κ3) is 13.5. The van der Waals surface area contributed by atoms with Crippen LogP contribution in [0.3, 0.4) is 0 Å². The number of rotatable bonds is 15. The van der Waals surface area contributed by atoms with Crippen LogP contribution >= 0.6 is 0 Å². The topological polar surface area (TPSA) is 88.1 Å². The number of ether oxygens (including phenoxy) is 4. The van der Waals surface area contributed by atoms with Crippen molar-refractivity contribution in [2.24, 2.45) is 0 Å². The van der Waals surface area contributed by atoms with E-state index in [4.69, 9.17) is 18.9 Å². The first-order valence-corrected chi connectivity index (χ1v) is 12.2. The van der Waals surface area contributed by atoms with Gasteiger partial charge >= 0.3 is 24.1 Å². The second-order valence-corrected chi connectivity index (χ2v) is 8.31. The summed E-state index contributed by atoms with van der Waals surface area (Å²) in [6, 6.07) is 12.4. The van der Waals surface area contributed by atoms with Crippen molar-refractivity contribution in [3.63, 3.8) is 0 Å². The van der Waals surface area contributed by atoms with Gasteiger partial charge in [0.15, 0.2) is 0 Å². The molecule has 0 fully saturated rings. The van der Waals surface area contributed by atoms with Crippen LogP contribution in [0.25, 0.3) is 6.08 Å². The third-order valence-electron chi connectivity index (χ3n) is 5.05. The molecule has 0 saturated heterocycles. The van der Waals surface area contributed by atoms with Crippen LogP contribution in [0, 0.1) is 0 Å². The van der Waals surface area contributed by atoms with Gasteiger partial charge in [0.2, 0.25) is 0 Å². The summed E-state index contributed by atoms with van der Waals surface area (Å²) in [4.78, 5) is 34.8. The van der Waals surface area contributed by atoms with Crippen LogP contribution in [0.5, 0.6) is 11.5 Å². The van der Waals surface area contributed by atoms with Gasteiger partial charge in [-0.1, -0.05) is 12.1 Å². The van der Waals surface area contributed by atoms with Crippen LogP contribution in [-0.4, -0.2) is 43.9 Å². The smallest absolute Gasteiger partial charge is 0.389 e. The molecule has 0 radical (unpaired) electrons. The fourth-order valence-electron chi connectivity index (χ4n) is 3.12. The number of carbonyl (C=O) groups excluding carboxylic acids is 3. The van der Waals surface area contributed by atoms with Crippen molar-refractivity contribution in [2.75, 3.05) is 19.8 Å². The molecular weight excluding hydrogens is 505 g/mol. The number of esters is 3. The normalized spacial score (nSPS) is 11.3. The van der Waals surface area contributed by atoms with Gasteiger partial charge in [0.25, 0.3) is 0 Å². The maximum Gasteiger partial charge on any atom is 0.389 e. The maximum atomic E-state index is 12.3. The number of unbranched alkanes of at least 4 members (excludes halogenated alkanes) is 3. The highest BCUT2D eigenvalue weighted by Crippen LogP contribution is 2.22. The Balaban J connectivity index is 1.68. The minimum absolute atomic E-state index is 0.0813. The molecule has 2 aromatic carbocycles. The lowest BCUT2D eigenvalue weighted by atomic mass is 10.2. The molecule has 0 saturated carbocycles. The maximum absolute atomic E-state index is 12.3. The minimum atomic E-state index is -4.21. The quantitative estimate of drug-likeness (QED) is 0.114. The molecule has 0 aliphatic heterocycles. The molecule has 38 heavy (non-hydrogen) atoms. The predicted molar refractivity (Wildman–Crippen MR) is 134 cm³/mol. The van der Waals surface area contributed by atoms with Crippen LogP contribution in [0.2, 0.25) is 0 Å². The first-order chi connectivity index (χ1) is 18.1. The SMILES string of the molecule is CC(=O)OCCCCCCOC(=O)C=Cc1ccc(OC(=O)c2ccc(OCCCC(F)(F)F)cc2)cc1. The number of alkyl halides is 3. The second kappa shape index (κ2) is 16.1. The first-order valence-electron chi connectivity index (χ1n) is 12.2. The summed E-state index contributed by atoms with van der Waals surface area (Å²) in [6.45, 7) is 1.99. The summed E-state index contributed by atoms with van der Waals surface area (Å²) in [7, 11) is 0. The van der Waals surface area contributed by atoms with Crippen molar-refractivity contribution in [3.05, 3.63) is 65.7 Å².